The van der Waals surface area contributed by atoms with Gasteiger partial charge in [-0.15, -0.1) is 0 Å². The fraction of sp³-hybridized carbons (Fsp3) is 0.417. The minimum absolute atomic E-state index is 0.0133. The monoisotopic (exact) mass is 557 g/mol. The zero-order chi connectivity index (χ0) is 27.6. The maximum atomic E-state index is 13.5. The Bertz CT molecular complexity index is 1090. The summed E-state index contributed by atoms with van der Waals surface area (Å²) in [6, 6.07) is 4.90. The van der Waals surface area contributed by atoms with Crippen LogP contribution in [0.2, 0.25) is 10.0 Å². The van der Waals surface area contributed by atoms with Gasteiger partial charge in [-0.05, 0) is 62.2 Å². The van der Waals surface area contributed by atoms with Crippen LogP contribution in [0.1, 0.15) is 55.4 Å². The molecule has 0 spiro atoms. The highest BCUT2D eigenvalue weighted by atomic mass is 35.5. The number of carbonyl (C=O) groups is 2. The van der Waals surface area contributed by atoms with Crippen LogP contribution in [0, 0.1) is 5.92 Å². The van der Waals surface area contributed by atoms with Gasteiger partial charge in [0.15, 0.2) is 0 Å². The number of alkyl halides is 6. The molecule has 2 atom stereocenters. The zero-order valence-electron chi connectivity index (χ0n) is 19.4. The summed E-state index contributed by atoms with van der Waals surface area (Å²) in [4.78, 5) is 25.6. The smallest absolute Gasteiger partial charge is 0.416 e. The molecule has 0 fully saturated rings. The second kappa shape index (κ2) is 11.0. The van der Waals surface area contributed by atoms with Gasteiger partial charge in [0.1, 0.15) is 17.3 Å². The average molecular weight is 558 g/mol. The maximum absolute atomic E-state index is 13.5. The normalized spacial score (nSPS) is 14.3. The number of benzene rings is 2. The largest absolute Gasteiger partial charge is 0.459 e. The van der Waals surface area contributed by atoms with E-state index in [1.807, 2.05) is 0 Å². The molecule has 4 nitrogen and oxygen atoms in total. The molecule has 0 aliphatic rings. The molecule has 198 valence electrons. The van der Waals surface area contributed by atoms with Crippen molar-refractivity contribution in [3.05, 3.63) is 68.7 Å². The summed E-state index contributed by atoms with van der Waals surface area (Å²) < 4.78 is 86.1. The Morgan fingerprint density at radius 3 is 1.81 bits per heavy atom. The molecule has 0 aliphatic carbocycles. The van der Waals surface area contributed by atoms with E-state index in [0.29, 0.717) is 12.1 Å². The lowest BCUT2D eigenvalue weighted by Gasteiger charge is -2.25. The molecule has 0 heterocycles. The minimum atomic E-state index is -5.10. The first-order valence-corrected chi connectivity index (χ1v) is 11.3. The van der Waals surface area contributed by atoms with E-state index in [9.17, 15) is 35.9 Å². The summed E-state index contributed by atoms with van der Waals surface area (Å²) >= 11 is 11.9. The van der Waals surface area contributed by atoms with Crippen molar-refractivity contribution >= 4 is 35.0 Å². The topological polar surface area (TPSA) is 69.4 Å². The van der Waals surface area contributed by atoms with Gasteiger partial charge in [0.05, 0.1) is 21.2 Å². The lowest BCUT2D eigenvalue weighted by molar-refractivity contribution is -0.161. The van der Waals surface area contributed by atoms with Gasteiger partial charge in [-0.3, -0.25) is 9.59 Å². The van der Waals surface area contributed by atoms with Gasteiger partial charge in [0.2, 0.25) is 0 Å². The standard InChI is InChI=1S/C24H23Cl2F6NO3/c1-22(2,3)36-21(35)17(11-33)20(34)10-16(12-4-5-18(25)19(26)8-12)13-6-14(23(27,28)29)9-15(7-13)24(30,31)32/h4-9,16-17H,10-11,33H2,1-3H3. The number of esters is 1. The number of rotatable bonds is 7. The summed E-state index contributed by atoms with van der Waals surface area (Å²) in [5, 5.41) is 0.0521. The van der Waals surface area contributed by atoms with E-state index in [1.165, 1.54) is 18.2 Å². The van der Waals surface area contributed by atoms with Crippen LogP contribution in [0.5, 0.6) is 0 Å². The molecule has 2 rings (SSSR count). The Balaban J connectivity index is 2.66. The Morgan fingerprint density at radius 2 is 1.39 bits per heavy atom. The van der Waals surface area contributed by atoms with Crippen molar-refractivity contribution in [2.24, 2.45) is 11.7 Å². The highest BCUT2D eigenvalue weighted by molar-refractivity contribution is 6.42. The quantitative estimate of drug-likeness (QED) is 0.225. The van der Waals surface area contributed by atoms with Gasteiger partial charge in [0, 0.05) is 18.9 Å². The molecule has 12 heteroatoms. The van der Waals surface area contributed by atoms with Gasteiger partial charge >= 0.3 is 18.3 Å². The first-order valence-electron chi connectivity index (χ1n) is 10.5. The van der Waals surface area contributed by atoms with Crippen molar-refractivity contribution in [1.29, 1.82) is 0 Å². The SMILES string of the molecule is CC(C)(C)OC(=O)C(CN)C(=O)CC(c1cc(C(F)(F)F)cc(C(F)(F)F)c1)c1ccc(Cl)c(Cl)c1. The van der Waals surface area contributed by atoms with Crippen molar-refractivity contribution < 1.29 is 40.7 Å². The van der Waals surface area contributed by atoms with E-state index in [4.69, 9.17) is 33.7 Å². The molecule has 0 saturated heterocycles. The number of ether oxygens (including phenoxy) is 1. The van der Waals surface area contributed by atoms with Crippen LogP contribution in [0.25, 0.3) is 0 Å². The predicted molar refractivity (Wildman–Crippen MR) is 123 cm³/mol. The fourth-order valence-corrected chi connectivity index (χ4v) is 3.72. The number of hydrogen-bond donors (Lipinski definition) is 1. The van der Waals surface area contributed by atoms with Crippen LogP contribution in [0.4, 0.5) is 26.3 Å². The van der Waals surface area contributed by atoms with Crippen molar-refractivity contribution in [1.82, 2.24) is 0 Å². The highest BCUT2D eigenvalue weighted by Gasteiger charge is 2.39. The van der Waals surface area contributed by atoms with E-state index in [0.717, 1.165) is 0 Å². The average Bonchev–Trinajstić information content (AvgIpc) is 2.71. The lowest BCUT2D eigenvalue weighted by Crippen LogP contribution is -2.37. The molecule has 2 aromatic rings. The van der Waals surface area contributed by atoms with Crippen molar-refractivity contribution in [3.63, 3.8) is 0 Å². The van der Waals surface area contributed by atoms with E-state index in [2.05, 4.69) is 0 Å². The number of Topliss-reactive ketones (excluding diaryl/α,β-unsaturated/α-hetero) is 1. The Labute approximate surface area is 213 Å². The third-order valence-corrected chi connectivity index (χ3v) is 5.82. The molecule has 2 aromatic carbocycles. The first kappa shape index (κ1) is 29.9. The molecule has 2 N–H and O–H groups in total. The summed E-state index contributed by atoms with van der Waals surface area (Å²) in [7, 11) is 0. The third-order valence-electron chi connectivity index (χ3n) is 5.08. The number of carbonyl (C=O) groups excluding carboxylic acids is 2. The molecule has 0 aliphatic heterocycles. The summed E-state index contributed by atoms with van der Waals surface area (Å²) in [5.41, 5.74) is 1.20. The molecule has 2 unspecified atom stereocenters. The van der Waals surface area contributed by atoms with Gasteiger partial charge in [0.25, 0.3) is 0 Å². The van der Waals surface area contributed by atoms with Gasteiger partial charge < -0.3 is 10.5 Å². The fourth-order valence-electron chi connectivity index (χ4n) is 3.41. The molecule has 0 saturated carbocycles. The van der Waals surface area contributed by atoms with E-state index >= 15 is 0 Å². The van der Waals surface area contributed by atoms with Crippen LogP contribution in [0.3, 0.4) is 0 Å². The first-order chi connectivity index (χ1) is 16.3. The zero-order valence-corrected chi connectivity index (χ0v) is 20.9. The molecular weight excluding hydrogens is 535 g/mol. The van der Waals surface area contributed by atoms with Gasteiger partial charge in [-0.25, -0.2) is 0 Å². The molecule has 36 heavy (non-hydrogen) atoms. The molecule has 0 radical (unpaired) electrons. The summed E-state index contributed by atoms with van der Waals surface area (Å²) in [5.74, 6) is -4.61. The summed E-state index contributed by atoms with van der Waals surface area (Å²) in [6.07, 6.45) is -10.9. The number of hydrogen-bond acceptors (Lipinski definition) is 4. The maximum Gasteiger partial charge on any atom is 0.416 e. The van der Waals surface area contributed by atoms with Crippen LogP contribution < -0.4 is 5.73 Å². The lowest BCUT2D eigenvalue weighted by atomic mass is 9.83. The number of nitrogens with two attached hydrogens (primary N) is 1. The van der Waals surface area contributed by atoms with Crippen LogP contribution in [-0.4, -0.2) is 23.9 Å². The molecule has 0 aromatic heterocycles. The number of halogens is 8. The van der Waals surface area contributed by atoms with E-state index in [-0.39, 0.29) is 21.7 Å². The minimum Gasteiger partial charge on any atom is -0.459 e. The van der Waals surface area contributed by atoms with E-state index in [1.54, 1.807) is 20.8 Å². The van der Waals surface area contributed by atoms with Gasteiger partial charge in [-0.2, -0.15) is 26.3 Å². The molecular formula is C24H23Cl2F6NO3. The second-order valence-corrected chi connectivity index (χ2v) is 9.87. The van der Waals surface area contributed by atoms with Crippen molar-refractivity contribution in [2.45, 2.75) is 51.1 Å². The Morgan fingerprint density at radius 1 is 0.861 bits per heavy atom. The van der Waals surface area contributed by atoms with Crippen molar-refractivity contribution in [3.8, 4) is 0 Å². The molecule has 0 amide bonds. The predicted octanol–water partition coefficient (Wildman–Crippen LogP) is 7.04. The molecule has 0 bridgehead atoms. The number of ketones is 1. The van der Waals surface area contributed by atoms with Crippen molar-refractivity contribution in [2.75, 3.05) is 6.54 Å². The van der Waals surface area contributed by atoms with Crippen LogP contribution in [0.15, 0.2) is 36.4 Å². The van der Waals surface area contributed by atoms with Gasteiger partial charge in [-0.1, -0.05) is 29.3 Å². The van der Waals surface area contributed by atoms with E-state index < -0.39 is 71.2 Å². The Kier molecular flexibility index (Phi) is 9.13. The summed E-state index contributed by atoms with van der Waals surface area (Å²) in [6.45, 7) is 4.20. The second-order valence-electron chi connectivity index (χ2n) is 9.06. The van der Waals surface area contributed by atoms with Crippen LogP contribution in [-0.2, 0) is 26.7 Å². The third kappa shape index (κ3) is 7.85. The Hall–Kier alpha value is -2.30. The van der Waals surface area contributed by atoms with Crippen LogP contribution >= 0.6 is 23.2 Å². The highest BCUT2D eigenvalue weighted by Crippen LogP contribution is 2.41.